The molecule has 0 spiro atoms. The molecule has 19 heteroatoms. The van der Waals surface area contributed by atoms with Crippen LogP contribution in [0.25, 0.3) is 22.3 Å². The Hall–Kier alpha value is -3.93. The number of allylic oxidation sites excluding steroid dienone is 2. The third-order valence-corrected chi connectivity index (χ3v) is 10.2. The van der Waals surface area contributed by atoms with Crippen LogP contribution in [0.2, 0.25) is 0 Å². The zero-order valence-corrected chi connectivity index (χ0v) is 31.2. The van der Waals surface area contributed by atoms with Crippen LogP contribution in [0.15, 0.2) is 51.2 Å². The maximum Gasteiger partial charge on any atom is 0.239 e. The molecule has 15 atom stereocenters. The van der Waals surface area contributed by atoms with Gasteiger partial charge in [0.25, 0.3) is 0 Å². The van der Waals surface area contributed by atoms with Gasteiger partial charge in [-0.2, -0.15) is 0 Å². The molecule has 6 rings (SSSR count). The van der Waals surface area contributed by atoms with Gasteiger partial charge in [-0.05, 0) is 58.4 Å². The Kier molecular flexibility index (Phi) is 12.8. The van der Waals surface area contributed by atoms with E-state index in [2.05, 4.69) is 0 Å². The number of aliphatic hydroxyl groups excluding tert-OH is 9. The molecule has 3 aromatic rings. The van der Waals surface area contributed by atoms with Crippen molar-refractivity contribution in [1.82, 2.24) is 0 Å². The van der Waals surface area contributed by atoms with Gasteiger partial charge in [-0.15, -0.1) is 0 Å². The largest absolute Gasteiger partial charge is 0.508 e. The van der Waals surface area contributed by atoms with Crippen molar-refractivity contribution in [2.24, 2.45) is 0 Å². The number of phenols is 2. The third-order valence-electron chi connectivity index (χ3n) is 10.2. The van der Waals surface area contributed by atoms with E-state index in [-0.39, 0.29) is 40.4 Å². The molecule has 3 fully saturated rings. The molecule has 0 saturated carbocycles. The molecule has 11 N–H and O–H groups in total. The molecular weight excluding hydrogens is 760 g/mol. The van der Waals surface area contributed by atoms with E-state index in [1.54, 1.807) is 19.9 Å². The number of benzene rings is 2. The number of aliphatic hydroxyl groups is 9. The molecule has 57 heavy (non-hydrogen) atoms. The van der Waals surface area contributed by atoms with Gasteiger partial charge in [0.1, 0.15) is 83.2 Å². The summed E-state index contributed by atoms with van der Waals surface area (Å²) in [4.78, 5) is 14.6. The Morgan fingerprint density at radius 3 is 1.96 bits per heavy atom. The van der Waals surface area contributed by atoms with Crippen LogP contribution < -0.4 is 14.9 Å². The SMILES string of the molecule is CC(C)=CCc1c(O[C@@H]2O[C@H](CO)[C@@H](O)[C@H](O)[C@H]2O)cc(O)c2c(=O)c(O[C@@H]3O[C@@H](C)[C@H](O)[C@@H](O)[C@H]3O[C@@H]3O[C@@H](C)[C@H](O)[C@@H](O)[C@H]3O)c(-c3ccc(O)cc3)oc12. The van der Waals surface area contributed by atoms with Crippen molar-refractivity contribution < 1.29 is 89.0 Å². The summed E-state index contributed by atoms with van der Waals surface area (Å²) in [6, 6.07) is 6.38. The van der Waals surface area contributed by atoms with E-state index in [1.165, 1.54) is 38.1 Å². The lowest BCUT2D eigenvalue weighted by molar-refractivity contribution is -0.352. The van der Waals surface area contributed by atoms with E-state index in [0.29, 0.717) is 0 Å². The molecule has 0 bridgehead atoms. The highest BCUT2D eigenvalue weighted by Crippen LogP contribution is 2.42. The number of aromatic hydroxyl groups is 2. The number of hydrogen-bond acceptors (Lipinski definition) is 19. The quantitative estimate of drug-likeness (QED) is 0.105. The standard InChI is InChI=1S/C38H48O19/c1-13(2)5-10-18-20(53-37-31(50)28(47)25(44)21(12-39)54-37)11-19(41)22-26(45)34(32(55-33(18)22)16-6-8-17(40)9-7-16)56-38-35(29(48)24(43)15(4)52-38)57-36-30(49)27(46)23(42)14(3)51-36/h5-9,11,14-15,21,23-25,27-31,35-44,46-50H,10,12H2,1-4H3/t14-,15-,21+,23-,24-,25+,27+,28-,29+,30+,31+,35+,36-,37+,38-/m0/s1. The van der Waals surface area contributed by atoms with Crippen LogP contribution in [0.4, 0.5) is 0 Å². The molecule has 0 radical (unpaired) electrons. The van der Waals surface area contributed by atoms with E-state index < -0.39 is 121 Å². The fraction of sp³-hybridized carbons (Fsp3) is 0.553. The van der Waals surface area contributed by atoms with Crippen molar-refractivity contribution in [2.45, 2.75) is 126 Å². The molecule has 1 aromatic heterocycles. The van der Waals surface area contributed by atoms with Crippen molar-refractivity contribution >= 4 is 11.0 Å². The Balaban J connectivity index is 1.50. The summed E-state index contributed by atoms with van der Waals surface area (Å²) >= 11 is 0. The Morgan fingerprint density at radius 1 is 0.737 bits per heavy atom. The number of hydrogen-bond donors (Lipinski definition) is 11. The molecule has 3 aliphatic heterocycles. The first-order valence-corrected chi connectivity index (χ1v) is 18.2. The highest BCUT2D eigenvalue weighted by molar-refractivity contribution is 5.91. The van der Waals surface area contributed by atoms with Crippen LogP contribution in [0, 0.1) is 0 Å². The van der Waals surface area contributed by atoms with Crippen LogP contribution in [0.3, 0.4) is 0 Å². The minimum atomic E-state index is -1.84. The first-order valence-electron chi connectivity index (χ1n) is 18.2. The smallest absolute Gasteiger partial charge is 0.239 e. The minimum absolute atomic E-state index is 0.00401. The Labute approximate surface area is 324 Å². The van der Waals surface area contributed by atoms with E-state index in [1.807, 2.05) is 0 Å². The summed E-state index contributed by atoms with van der Waals surface area (Å²) in [6.45, 7) is 5.64. The Bertz CT molecular complexity index is 1960. The van der Waals surface area contributed by atoms with Crippen molar-refractivity contribution in [3.05, 3.63) is 57.8 Å². The van der Waals surface area contributed by atoms with Crippen LogP contribution in [-0.2, 0) is 25.4 Å². The monoisotopic (exact) mass is 808 g/mol. The third kappa shape index (κ3) is 8.35. The fourth-order valence-electron chi connectivity index (χ4n) is 6.80. The highest BCUT2D eigenvalue weighted by Gasteiger charge is 2.51. The molecule has 0 amide bonds. The van der Waals surface area contributed by atoms with Gasteiger partial charge in [0, 0.05) is 17.2 Å². The van der Waals surface area contributed by atoms with Crippen LogP contribution in [-0.4, -0.2) is 155 Å². The van der Waals surface area contributed by atoms with Gasteiger partial charge in [0.15, 0.2) is 18.2 Å². The minimum Gasteiger partial charge on any atom is -0.508 e. The number of ether oxygens (including phenoxy) is 6. The topological polar surface area (TPSA) is 308 Å². The summed E-state index contributed by atoms with van der Waals surface area (Å²) in [5.74, 6) is -1.96. The molecule has 3 aliphatic rings. The lowest BCUT2D eigenvalue weighted by Crippen LogP contribution is -2.63. The van der Waals surface area contributed by atoms with Gasteiger partial charge in [0.2, 0.25) is 23.8 Å². The maximum atomic E-state index is 14.6. The summed E-state index contributed by atoms with van der Waals surface area (Å²) in [6.07, 6.45) is -22.4. The average molecular weight is 809 g/mol. The zero-order chi connectivity index (χ0) is 41.6. The lowest BCUT2D eigenvalue weighted by atomic mass is 9.98. The second kappa shape index (κ2) is 17.1. The van der Waals surface area contributed by atoms with Gasteiger partial charge in [0.05, 0.1) is 18.8 Å². The lowest BCUT2D eigenvalue weighted by Gasteiger charge is -2.45. The predicted octanol–water partition coefficient (Wildman–Crippen LogP) is -1.38. The number of phenolic OH excluding ortho intramolecular Hbond substituents is 2. The van der Waals surface area contributed by atoms with Gasteiger partial charge in [-0.1, -0.05) is 11.6 Å². The van der Waals surface area contributed by atoms with Crippen molar-refractivity contribution in [2.75, 3.05) is 6.61 Å². The molecule has 0 aliphatic carbocycles. The molecule has 2 aromatic carbocycles. The van der Waals surface area contributed by atoms with Crippen LogP contribution in [0.1, 0.15) is 33.3 Å². The first kappa shape index (κ1) is 42.7. The molecule has 19 nitrogen and oxygen atoms in total. The number of rotatable bonds is 10. The summed E-state index contributed by atoms with van der Waals surface area (Å²) in [7, 11) is 0. The first-order chi connectivity index (χ1) is 26.9. The van der Waals surface area contributed by atoms with E-state index in [4.69, 9.17) is 32.8 Å². The highest BCUT2D eigenvalue weighted by atomic mass is 16.8. The molecular formula is C38H48O19. The summed E-state index contributed by atoms with van der Waals surface area (Å²) < 4.78 is 41.3. The van der Waals surface area contributed by atoms with Crippen molar-refractivity contribution in [3.63, 3.8) is 0 Å². The van der Waals surface area contributed by atoms with Gasteiger partial charge < -0.3 is 89.0 Å². The zero-order valence-electron chi connectivity index (χ0n) is 31.2. The average Bonchev–Trinajstić information content (AvgIpc) is 3.17. The molecule has 314 valence electrons. The fourth-order valence-corrected chi connectivity index (χ4v) is 6.80. The Morgan fingerprint density at radius 2 is 1.33 bits per heavy atom. The van der Waals surface area contributed by atoms with Gasteiger partial charge in [-0.3, -0.25) is 4.79 Å². The van der Waals surface area contributed by atoms with Crippen LogP contribution in [0.5, 0.6) is 23.0 Å². The second-order valence-electron chi connectivity index (χ2n) is 14.6. The maximum absolute atomic E-state index is 14.6. The molecule has 4 heterocycles. The van der Waals surface area contributed by atoms with E-state index in [9.17, 15) is 61.0 Å². The van der Waals surface area contributed by atoms with Crippen LogP contribution >= 0.6 is 0 Å². The van der Waals surface area contributed by atoms with Crippen molar-refractivity contribution in [1.29, 1.82) is 0 Å². The van der Waals surface area contributed by atoms with E-state index in [0.717, 1.165) is 11.6 Å². The molecule has 0 unspecified atom stereocenters. The summed E-state index contributed by atoms with van der Waals surface area (Å²) in [5.41, 5.74) is -0.144. The normalized spacial score (nSPS) is 35.8. The second-order valence-corrected chi connectivity index (χ2v) is 14.6. The predicted molar refractivity (Wildman–Crippen MR) is 193 cm³/mol. The van der Waals surface area contributed by atoms with Crippen molar-refractivity contribution in [3.8, 4) is 34.3 Å². The summed E-state index contributed by atoms with van der Waals surface area (Å²) in [5, 5.41) is 115. The van der Waals surface area contributed by atoms with E-state index >= 15 is 0 Å². The molecule has 3 saturated heterocycles. The number of fused-ring (bicyclic) bond motifs is 1. The van der Waals surface area contributed by atoms with Gasteiger partial charge >= 0.3 is 0 Å². The van der Waals surface area contributed by atoms with Gasteiger partial charge in [-0.25, -0.2) is 0 Å².